The Morgan fingerprint density at radius 3 is 2.28 bits per heavy atom. The first kappa shape index (κ1) is 14.9. The zero-order chi connectivity index (χ0) is 13.7. The molecule has 1 aromatic heterocycles. The molecule has 0 saturated heterocycles. The largest absolute Gasteiger partial charge is 0.370 e. The summed E-state index contributed by atoms with van der Waals surface area (Å²) in [5.74, 6) is 3.15. The molecule has 0 aliphatic carbocycles. The highest BCUT2D eigenvalue weighted by atomic mass is 15.0. The number of nitrogens with zero attached hydrogens (tertiary/aromatic N) is 2. The molecule has 18 heavy (non-hydrogen) atoms. The minimum Gasteiger partial charge on any atom is -0.370 e. The average Bonchev–Trinajstić information content (AvgIpc) is 2.25. The summed E-state index contributed by atoms with van der Waals surface area (Å²) in [6.45, 7) is 14.0. The second-order valence-electron chi connectivity index (χ2n) is 5.61. The van der Waals surface area contributed by atoms with Crippen LogP contribution < -0.4 is 5.32 Å². The van der Waals surface area contributed by atoms with Gasteiger partial charge in [0.1, 0.15) is 11.6 Å². The SMILES string of the molecule is CCNc1nc(CCC(C)C)nc(C)c1C(C)C. The summed E-state index contributed by atoms with van der Waals surface area (Å²) in [5, 5.41) is 3.38. The van der Waals surface area contributed by atoms with Gasteiger partial charge in [0, 0.05) is 24.2 Å². The minimum atomic E-state index is 0.457. The molecule has 0 atom stereocenters. The second kappa shape index (κ2) is 6.72. The molecule has 0 radical (unpaired) electrons. The third kappa shape index (κ3) is 3.97. The molecule has 1 rings (SSSR count). The van der Waals surface area contributed by atoms with Gasteiger partial charge in [-0.2, -0.15) is 0 Å². The Morgan fingerprint density at radius 1 is 1.11 bits per heavy atom. The van der Waals surface area contributed by atoms with Crippen LogP contribution >= 0.6 is 0 Å². The number of anilines is 1. The first-order valence-corrected chi connectivity index (χ1v) is 7.06. The average molecular weight is 249 g/mol. The fourth-order valence-electron chi connectivity index (χ4n) is 2.16. The molecule has 102 valence electrons. The number of aryl methyl sites for hydroxylation is 2. The normalized spacial score (nSPS) is 11.3. The Hall–Kier alpha value is -1.12. The fraction of sp³-hybridized carbons (Fsp3) is 0.733. The van der Waals surface area contributed by atoms with Crippen LogP contribution in [0.4, 0.5) is 5.82 Å². The van der Waals surface area contributed by atoms with Crippen LogP contribution in [0.15, 0.2) is 0 Å². The summed E-state index contributed by atoms with van der Waals surface area (Å²) in [6.07, 6.45) is 2.11. The van der Waals surface area contributed by atoms with Gasteiger partial charge in [0.25, 0.3) is 0 Å². The highest BCUT2D eigenvalue weighted by Crippen LogP contribution is 2.25. The van der Waals surface area contributed by atoms with Crippen LogP contribution in [0.2, 0.25) is 0 Å². The third-order valence-corrected chi connectivity index (χ3v) is 3.05. The van der Waals surface area contributed by atoms with E-state index in [1.54, 1.807) is 0 Å². The van der Waals surface area contributed by atoms with E-state index in [0.29, 0.717) is 11.8 Å². The molecule has 0 spiro atoms. The van der Waals surface area contributed by atoms with Crippen molar-refractivity contribution in [1.29, 1.82) is 0 Å². The van der Waals surface area contributed by atoms with Crippen molar-refractivity contribution in [2.45, 2.75) is 60.3 Å². The lowest BCUT2D eigenvalue weighted by Gasteiger charge is -2.16. The van der Waals surface area contributed by atoms with Crippen LogP contribution in [0.25, 0.3) is 0 Å². The highest BCUT2D eigenvalue weighted by Gasteiger charge is 2.14. The van der Waals surface area contributed by atoms with Gasteiger partial charge in [-0.15, -0.1) is 0 Å². The molecule has 0 aliphatic rings. The molecule has 0 bridgehead atoms. The molecule has 1 aromatic rings. The molecule has 0 fully saturated rings. The second-order valence-corrected chi connectivity index (χ2v) is 5.61. The van der Waals surface area contributed by atoms with E-state index in [4.69, 9.17) is 4.98 Å². The third-order valence-electron chi connectivity index (χ3n) is 3.05. The fourth-order valence-corrected chi connectivity index (χ4v) is 2.16. The Labute approximate surface area is 111 Å². The van der Waals surface area contributed by atoms with Crippen LogP contribution in [0.3, 0.4) is 0 Å². The van der Waals surface area contributed by atoms with Gasteiger partial charge >= 0.3 is 0 Å². The Morgan fingerprint density at radius 2 is 1.78 bits per heavy atom. The smallest absolute Gasteiger partial charge is 0.133 e. The van der Waals surface area contributed by atoms with E-state index in [9.17, 15) is 0 Å². The molecule has 0 aliphatic heterocycles. The quantitative estimate of drug-likeness (QED) is 0.830. The Kier molecular flexibility index (Phi) is 5.57. The van der Waals surface area contributed by atoms with Crippen molar-refractivity contribution in [3.63, 3.8) is 0 Å². The molecular weight excluding hydrogens is 222 g/mol. The Bertz CT molecular complexity index is 384. The first-order chi connectivity index (χ1) is 8.45. The summed E-state index contributed by atoms with van der Waals surface area (Å²) >= 11 is 0. The molecule has 0 aromatic carbocycles. The van der Waals surface area contributed by atoms with Crippen LogP contribution in [0, 0.1) is 12.8 Å². The predicted molar refractivity (Wildman–Crippen MR) is 78.2 cm³/mol. The van der Waals surface area contributed by atoms with Crippen molar-refractivity contribution in [2.24, 2.45) is 5.92 Å². The molecule has 0 saturated carbocycles. The Balaban J connectivity index is 3.02. The minimum absolute atomic E-state index is 0.457. The highest BCUT2D eigenvalue weighted by molar-refractivity contribution is 5.48. The maximum absolute atomic E-state index is 4.69. The molecule has 0 amide bonds. The van der Waals surface area contributed by atoms with E-state index in [2.05, 4.69) is 51.8 Å². The molecule has 1 heterocycles. The molecule has 3 nitrogen and oxygen atoms in total. The maximum Gasteiger partial charge on any atom is 0.133 e. The lowest BCUT2D eigenvalue weighted by molar-refractivity contribution is 0.573. The topological polar surface area (TPSA) is 37.8 Å². The summed E-state index contributed by atoms with van der Waals surface area (Å²) < 4.78 is 0. The number of hydrogen-bond donors (Lipinski definition) is 1. The molecule has 0 unspecified atom stereocenters. The van der Waals surface area contributed by atoms with Gasteiger partial charge in [0.2, 0.25) is 0 Å². The zero-order valence-electron chi connectivity index (χ0n) is 12.7. The predicted octanol–water partition coefficient (Wildman–Crippen LogP) is 3.93. The van der Waals surface area contributed by atoms with Gasteiger partial charge in [0.15, 0.2) is 0 Å². The van der Waals surface area contributed by atoms with Crippen molar-refractivity contribution in [2.75, 3.05) is 11.9 Å². The zero-order valence-corrected chi connectivity index (χ0v) is 12.7. The molecule has 1 N–H and O–H groups in total. The summed E-state index contributed by atoms with van der Waals surface area (Å²) in [5.41, 5.74) is 2.37. The van der Waals surface area contributed by atoms with E-state index in [1.807, 2.05) is 0 Å². The standard InChI is InChI=1S/C15H27N3/c1-7-16-15-14(11(4)5)12(6)17-13(18-15)9-8-10(2)3/h10-11H,7-9H2,1-6H3,(H,16,17,18). The van der Waals surface area contributed by atoms with Crippen molar-refractivity contribution in [3.05, 3.63) is 17.1 Å². The molecular formula is C15H27N3. The number of aromatic nitrogens is 2. The number of rotatable bonds is 6. The first-order valence-electron chi connectivity index (χ1n) is 7.06. The van der Waals surface area contributed by atoms with Gasteiger partial charge < -0.3 is 5.32 Å². The van der Waals surface area contributed by atoms with Crippen LogP contribution in [-0.2, 0) is 6.42 Å². The van der Waals surface area contributed by atoms with Crippen LogP contribution in [-0.4, -0.2) is 16.5 Å². The summed E-state index contributed by atoms with van der Waals surface area (Å²) in [6, 6.07) is 0. The van der Waals surface area contributed by atoms with Crippen LogP contribution in [0.5, 0.6) is 0 Å². The lowest BCUT2D eigenvalue weighted by Crippen LogP contribution is -2.11. The van der Waals surface area contributed by atoms with Crippen molar-refractivity contribution >= 4 is 5.82 Å². The van der Waals surface area contributed by atoms with E-state index in [-0.39, 0.29) is 0 Å². The number of nitrogens with one attached hydrogen (secondary N) is 1. The van der Waals surface area contributed by atoms with Crippen molar-refractivity contribution < 1.29 is 0 Å². The van der Waals surface area contributed by atoms with Gasteiger partial charge in [-0.25, -0.2) is 9.97 Å². The summed E-state index contributed by atoms with van der Waals surface area (Å²) in [4.78, 5) is 9.35. The van der Waals surface area contributed by atoms with Crippen molar-refractivity contribution in [1.82, 2.24) is 9.97 Å². The lowest BCUT2D eigenvalue weighted by atomic mass is 10.0. The number of hydrogen-bond acceptors (Lipinski definition) is 3. The van der Waals surface area contributed by atoms with E-state index in [0.717, 1.165) is 36.7 Å². The van der Waals surface area contributed by atoms with Crippen LogP contribution in [0.1, 0.15) is 64.0 Å². The maximum atomic E-state index is 4.69. The van der Waals surface area contributed by atoms with E-state index >= 15 is 0 Å². The van der Waals surface area contributed by atoms with Gasteiger partial charge in [-0.1, -0.05) is 27.7 Å². The van der Waals surface area contributed by atoms with Crippen molar-refractivity contribution in [3.8, 4) is 0 Å². The molecule has 3 heteroatoms. The monoisotopic (exact) mass is 249 g/mol. The van der Waals surface area contributed by atoms with Gasteiger partial charge in [-0.05, 0) is 32.1 Å². The van der Waals surface area contributed by atoms with Gasteiger partial charge in [0.05, 0.1) is 0 Å². The van der Waals surface area contributed by atoms with E-state index < -0.39 is 0 Å². The van der Waals surface area contributed by atoms with Gasteiger partial charge in [-0.3, -0.25) is 0 Å². The van der Waals surface area contributed by atoms with E-state index in [1.165, 1.54) is 5.56 Å². The summed E-state index contributed by atoms with van der Waals surface area (Å²) in [7, 11) is 0.